The molecule has 0 aliphatic rings. The molecule has 0 spiro atoms. The molecule has 0 radical (unpaired) electrons. The van der Waals surface area contributed by atoms with Crippen LogP contribution in [0, 0.1) is 5.82 Å². The first-order chi connectivity index (χ1) is 8.93. The second-order valence-electron chi connectivity index (χ2n) is 4.69. The van der Waals surface area contributed by atoms with E-state index in [-0.39, 0.29) is 17.8 Å². The van der Waals surface area contributed by atoms with Crippen molar-refractivity contribution < 1.29 is 9.18 Å². The Morgan fingerprint density at radius 2 is 2.11 bits per heavy atom. The summed E-state index contributed by atoms with van der Waals surface area (Å²) in [4.78, 5) is 11.9. The van der Waals surface area contributed by atoms with Crippen LogP contribution in [0.1, 0.15) is 33.6 Å². The van der Waals surface area contributed by atoms with Gasteiger partial charge in [-0.2, -0.15) is 0 Å². The lowest BCUT2D eigenvalue weighted by molar-refractivity contribution is -0.122. The van der Waals surface area contributed by atoms with Crippen LogP contribution >= 0.6 is 11.6 Å². The molecule has 0 aromatic heterocycles. The summed E-state index contributed by atoms with van der Waals surface area (Å²) in [7, 11) is 0. The molecule has 3 nitrogen and oxygen atoms in total. The van der Waals surface area contributed by atoms with Crippen LogP contribution in [-0.2, 0) is 4.79 Å². The topological polar surface area (TPSA) is 41.1 Å². The molecular formula is C14H20ClFN2O. The predicted molar refractivity (Wildman–Crippen MR) is 77.0 cm³/mol. The Balaban J connectivity index is 2.61. The first kappa shape index (κ1) is 15.8. The molecule has 2 N–H and O–H groups in total. The molecule has 5 heteroatoms. The smallest absolute Gasteiger partial charge is 0.242 e. The van der Waals surface area contributed by atoms with Gasteiger partial charge in [-0.05, 0) is 38.5 Å². The van der Waals surface area contributed by atoms with Gasteiger partial charge in [-0.1, -0.05) is 24.9 Å². The molecular weight excluding hydrogens is 267 g/mol. The summed E-state index contributed by atoms with van der Waals surface area (Å²) < 4.78 is 13.1. The highest BCUT2D eigenvalue weighted by Gasteiger charge is 2.16. The molecule has 0 aliphatic carbocycles. The van der Waals surface area contributed by atoms with Crippen LogP contribution in [-0.4, -0.2) is 18.0 Å². The molecule has 0 bridgehead atoms. The molecule has 1 rings (SSSR count). The molecule has 0 fully saturated rings. The summed E-state index contributed by atoms with van der Waals surface area (Å²) in [5.41, 5.74) is 0.424. The monoisotopic (exact) mass is 286 g/mol. The maximum absolute atomic E-state index is 13.1. The van der Waals surface area contributed by atoms with E-state index in [1.807, 2.05) is 6.92 Å². The zero-order valence-electron chi connectivity index (χ0n) is 11.5. The summed E-state index contributed by atoms with van der Waals surface area (Å²) in [5.74, 6) is -0.514. The first-order valence-electron chi connectivity index (χ1n) is 6.46. The summed E-state index contributed by atoms with van der Waals surface area (Å²) >= 11 is 5.94. The maximum Gasteiger partial charge on any atom is 0.242 e. The molecule has 1 amide bonds. The van der Waals surface area contributed by atoms with Gasteiger partial charge in [-0.25, -0.2) is 4.39 Å². The van der Waals surface area contributed by atoms with Crippen LogP contribution < -0.4 is 10.6 Å². The van der Waals surface area contributed by atoms with Crippen LogP contribution in [0.25, 0.3) is 0 Å². The fourth-order valence-electron chi connectivity index (χ4n) is 1.78. The zero-order valence-corrected chi connectivity index (χ0v) is 12.2. The number of hydrogen-bond acceptors (Lipinski definition) is 2. The standard InChI is InChI=1S/C14H20ClFN2O/c1-4-5-9(2)17-14(19)10(3)18-13-8-11(16)6-7-12(13)15/h6-10,18H,4-5H2,1-3H3,(H,17,19). The van der Waals surface area contributed by atoms with E-state index in [1.165, 1.54) is 18.2 Å². The van der Waals surface area contributed by atoms with Crippen LogP contribution in [0.15, 0.2) is 18.2 Å². The van der Waals surface area contributed by atoms with Crippen molar-refractivity contribution in [2.45, 2.75) is 45.7 Å². The Morgan fingerprint density at radius 3 is 2.74 bits per heavy atom. The van der Waals surface area contributed by atoms with E-state index in [1.54, 1.807) is 6.92 Å². The van der Waals surface area contributed by atoms with Gasteiger partial charge >= 0.3 is 0 Å². The van der Waals surface area contributed by atoms with Gasteiger partial charge in [0.2, 0.25) is 5.91 Å². The van der Waals surface area contributed by atoms with Crippen molar-refractivity contribution in [3.63, 3.8) is 0 Å². The van der Waals surface area contributed by atoms with E-state index < -0.39 is 6.04 Å². The van der Waals surface area contributed by atoms with Gasteiger partial charge in [0.1, 0.15) is 11.9 Å². The quantitative estimate of drug-likeness (QED) is 0.839. The van der Waals surface area contributed by atoms with Crippen molar-refractivity contribution in [1.29, 1.82) is 0 Å². The van der Waals surface area contributed by atoms with Gasteiger partial charge in [0.15, 0.2) is 0 Å². The Labute approximate surface area is 118 Å². The highest BCUT2D eigenvalue weighted by atomic mass is 35.5. The molecule has 2 unspecified atom stereocenters. The Morgan fingerprint density at radius 1 is 1.42 bits per heavy atom. The summed E-state index contributed by atoms with van der Waals surface area (Å²) in [5, 5.41) is 6.20. The van der Waals surface area contributed by atoms with Crippen LogP contribution in [0.5, 0.6) is 0 Å². The van der Waals surface area contributed by atoms with E-state index in [2.05, 4.69) is 17.6 Å². The summed E-state index contributed by atoms with van der Waals surface area (Å²) in [6, 6.07) is 3.68. The number of benzene rings is 1. The van der Waals surface area contributed by atoms with Crippen LogP contribution in [0.4, 0.5) is 10.1 Å². The van der Waals surface area contributed by atoms with E-state index in [0.717, 1.165) is 12.8 Å². The lowest BCUT2D eigenvalue weighted by Crippen LogP contribution is -2.42. The Hall–Kier alpha value is -1.29. The summed E-state index contributed by atoms with van der Waals surface area (Å²) in [6.07, 6.45) is 1.94. The Kier molecular flexibility index (Phi) is 6.09. The number of carbonyl (C=O) groups is 1. The molecule has 0 saturated carbocycles. The van der Waals surface area contributed by atoms with E-state index in [9.17, 15) is 9.18 Å². The van der Waals surface area contributed by atoms with Crippen molar-refractivity contribution in [3.05, 3.63) is 29.0 Å². The average molecular weight is 287 g/mol. The third-order valence-corrected chi connectivity index (χ3v) is 3.13. The number of anilines is 1. The van der Waals surface area contributed by atoms with Crippen molar-refractivity contribution in [2.75, 3.05) is 5.32 Å². The van der Waals surface area contributed by atoms with E-state index in [0.29, 0.717) is 10.7 Å². The van der Waals surface area contributed by atoms with Gasteiger partial charge < -0.3 is 10.6 Å². The Bertz CT molecular complexity index is 439. The number of carbonyl (C=O) groups excluding carboxylic acids is 1. The number of nitrogens with one attached hydrogen (secondary N) is 2. The number of halogens is 2. The van der Waals surface area contributed by atoms with Crippen LogP contribution in [0.3, 0.4) is 0 Å². The first-order valence-corrected chi connectivity index (χ1v) is 6.83. The minimum atomic E-state index is -0.474. The van der Waals surface area contributed by atoms with E-state index >= 15 is 0 Å². The molecule has 19 heavy (non-hydrogen) atoms. The molecule has 1 aromatic rings. The molecule has 0 aliphatic heterocycles. The van der Waals surface area contributed by atoms with Crippen molar-refractivity contribution >= 4 is 23.2 Å². The molecule has 0 heterocycles. The van der Waals surface area contributed by atoms with Crippen molar-refractivity contribution in [1.82, 2.24) is 5.32 Å². The summed E-state index contributed by atoms with van der Waals surface area (Å²) in [6.45, 7) is 5.75. The van der Waals surface area contributed by atoms with E-state index in [4.69, 9.17) is 11.6 Å². The molecule has 2 atom stereocenters. The van der Waals surface area contributed by atoms with Gasteiger partial charge in [0, 0.05) is 6.04 Å². The molecule has 106 valence electrons. The SMILES string of the molecule is CCCC(C)NC(=O)C(C)Nc1cc(F)ccc1Cl. The van der Waals surface area contributed by atoms with Crippen molar-refractivity contribution in [2.24, 2.45) is 0 Å². The van der Waals surface area contributed by atoms with Crippen molar-refractivity contribution in [3.8, 4) is 0 Å². The van der Waals surface area contributed by atoms with Gasteiger partial charge in [-0.15, -0.1) is 0 Å². The molecule has 1 aromatic carbocycles. The number of rotatable bonds is 6. The average Bonchev–Trinajstić information content (AvgIpc) is 2.34. The van der Waals surface area contributed by atoms with Gasteiger partial charge in [-0.3, -0.25) is 4.79 Å². The maximum atomic E-state index is 13.1. The highest BCUT2D eigenvalue weighted by Crippen LogP contribution is 2.23. The molecule has 0 saturated heterocycles. The van der Waals surface area contributed by atoms with Gasteiger partial charge in [0.05, 0.1) is 10.7 Å². The third kappa shape index (κ3) is 5.07. The zero-order chi connectivity index (χ0) is 14.4. The number of amides is 1. The predicted octanol–water partition coefficient (Wildman–Crippen LogP) is 3.58. The second kappa shape index (κ2) is 7.34. The minimum absolute atomic E-state index is 0.124. The normalized spacial score (nSPS) is 13.7. The largest absolute Gasteiger partial charge is 0.373 e. The fourth-order valence-corrected chi connectivity index (χ4v) is 1.95. The fraction of sp³-hybridized carbons (Fsp3) is 0.500. The minimum Gasteiger partial charge on any atom is -0.373 e. The highest BCUT2D eigenvalue weighted by molar-refractivity contribution is 6.33. The lowest BCUT2D eigenvalue weighted by Gasteiger charge is -2.19. The van der Waals surface area contributed by atoms with Gasteiger partial charge in [0.25, 0.3) is 0 Å². The lowest BCUT2D eigenvalue weighted by atomic mass is 10.2. The second-order valence-corrected chi connectivity index (χ2v) is 5.10. The third-order valence-electron chi connectivity index (χ3n) is 2.80. The number of hydrogen-bond donors (Lipinski definition) is 2. The van der Waals surface area contributed by atoms with Crippen LogP contribution in [0.2, 0.25) is 5.02 Å².